The number of ether oxygens (including phenoxy) is 1. The van der Waals surface area contributed by atoms with E-state index in [-0.39, 0.29) is 11.9 Å². The number of esters is 1. The quantitative estimate of drug-likeness (QED) is 0.518. The van der Waals surface area contributed by atoms with Crippen molar-refractivity contribution in [2.24, 2.45) is 0 Å². The summed E-state index contributed by atoms with van der Waals surface area (Å²) in [6, 6.07) is 14.3. The number of anilines is 1. The van der Waals surface area contributed by atoms with E-state index in [2.05, 4.69) is 5.32 Å². The number of thiophene rings is 2. The van der Waals surface area contributed by atoms with Gasteiger partial charge < -0.3 is 10.1 Å². The molecule has 0 saturated carbocycles. The smallest absolute Gasteiger partial charge is 0.311 e. The molecule has 4 nitrogen and oxygen atoms in total. The van der Waals surface area contributed by atoms with E-state index in [9.17, 15) is 9.59 Å². The zero-order chi connectivity index (χ0) is 16.8. The molecule has 1 aromatic carbocycles. The van der Waals surface area contributed by atoms with E-state index in [0.717, 1.165) is 0 Å². The molecule has 122 valence electrons. The lowest BCUT2D eigenvalue weighted by atomic mass is 10.2. The molecular weight excluding hydrogens is 342 g/mol. The Labute approximate surface area is 147 Å². The van der Waals surface area contributed by atoms with Crippen molar-refractivity contribution in [2.45, 2.75) is 12.8 Å². The average Bonchev–Trinajstić information content (AvgIpc) is 3.28. The summed E-state index contributed by atoms with van der Waals surface area (Å²) in [7, 11) is 0. The van der Waals surface area contributed by atoms with Gasteiger partial charge in [-0.25, -0.2) is 0 Å². The van der Waals surface area contributed by atoms with Crippen LogP contribution in [0.1, 0.15) is 21.0 Å². The Morgan fingerprint density at radius 3 is 2.38 bits per heavy atom. The van der Waals surface area contributed by atoms with Crippen LogP contribution in [0.3, 0.4) is 0 Å². The number of nitrogens with one attached hydrogen (secondary N) is 1. The maximum atomic E-state index is 12.0. The first-order valence-electron chi connectivity index (χ1n) is 7.39. The van der Waals surface area contributed by atoms with Gasteiger partial charge in [-0.3, -0.25) is 9.59 Å². The summed E-state index contributed by atoms with van der Waals surface area (Å²) in [5.74, 6) is 0.0600. The maximum absolute atomic E-state index is 12.0. The number of amides is 1. The van der Waals surface area contributed by atoms with E-state index in [1.807, 2.05) is 29.0 Å². The zero-order valence-corrected chi connectivity index (χ0v) is 14.4. The van der Waals surface area contributed by atoms with Gasteiger partial charge in [0.25, 0.3) is 5.91 Å². The third kappa shape index (κ3) is 4.53. The fourth-order valence-electron chi connectivity index (χ4n) is 2.07. The standard InChI is InChI=1S/C18H15NO3S2/c20-17(10-9-15-3-1-11-23-15)22-14-7-5-13(6-8-14)19-18(21)16-4-2-12-24-16/h1-8,11-12H,9-10H2,(H,19,21). The summed E-state index contributed by atoms with van der Waals surface area (Å²) in [5.41, 5.74) is 0.659. The van der Waals surface area contributed by atoms with Crippen molar-refractivity contribution < 1.29 is 14.3 Å². The van der Waals surface area contributed by atoms with E-state index >= 15 is 0 Å². The molecule has 0 fully saturated rings. The normalized spacial score (nSPS) is 10.3. The lowest BCUT2D eigenvalue weighted by molar-refractivity contribution is -0.134. The minimum atomic E-state index is -0.265. The number of rotatable bonds is 6. The number of aryl methyl sites for hydroxylation is 1. The van der Waals surface area contributed by atoms with Crippen LogP contribution in [-0.4, -0.2) is 11.9 Å². The van der Waals surface area contributed by atoms with Gasteiger partial charge >= 0.3 is 5.97 Å². The molecule has 0 spiro atoms. The fourth-order valence-corrected chi connectivity index (χ4v) is 3.40. The first kappa shape index (κ1) is 16.4. The van der Waals surface area contributed by atoms with Crippen molar-refractivity contribution in [1.29, 1.82) is 0 Å². The molecular formula is C18H15NO3S2. The average molecular weight is 357 g/mol. The van der Waals surface area contributed by atoms with Crippen LogP contribution < -0.4 is 10.1 Å². The minimum absolute atomic E-state index is 0.148. The third-order valence-electron chi connectivity index (χ3n) is 3.24. The van der Waals surface area contributed by atoms with Crippen LogP contribution in [0.15, 0.2) is 59.3 Å². The Hall–Kier alpha value is -2.44. The Morgan fingerprint density at radius 2 is 1.71 bits per heavy atom. The topological polar surface area (TPSA) is 55.4 Å². The van der Waals surface area contributed by atoms with Crippen molar-refractivity contribution in [3.8, 4) is 5.75 Å². The van der Waals surface area contributed by atoms with Crippen molar-refractivity contribution in [2.75, 3.05) is 5.32 Å². The highest BCUT2D eigenvalue weighted by Gasteiger charge is 2.08. The van der Waals surface area contributed by atoms with Crippen LogP contribution in [0, 0.1) is 0 Å². The summed E-state index contributed by atoms with van der Waals surface area (Å²) >= 11 is 3.02. The fraction of sp³-hybridized carbons (Fsp3) is 0.111. The van der Waals surface area contributed by atoms with Crippen molar-refractivity contribution in [1.82, 2.24) is 0 Å². The Balaban J connectivity index is 1.50. The molecule has 0 aliphatic rings. The summed E-state index contributed by atoms with van der Waals surface area (Å²) < 4.78 is 5.30. The predicted octanol–water partition coefficient (Wildman–Crippen LogP) is 4.60. The van der Waals surface area contributed by atoms with Crippen molar-refractivity contribution in [3.63, 3.8) is 0 Å². The largest absolute Gasteiger partial charge is 0.427 e. The number of carbonyl (C=O) groups is 2. The van der Waals surface area contributed by atoms with Gasteiger partial charge in [0.15, 0.2) is 0 Å². The summed E-state index contributed by atoms with van der Waals surface area (Å²) in [6.07, 6.45) is 1.03. The van der Waals surface area contributed by atoms with Gasteiger partial charge in [-0.15, -0.1) is 22.7 Å². The molecule has 0 atom stereocenters. The van der Waals surface area contributed by atoms with Crippen LogP contribution in [0.2, 0.25) is 0 Å². The second kappa shape index (κ2) is 7.90. The monoisotopic (exact) mass is 357 g/mol. The maximum Gasteiger partial charge on any atom is 0.311 e. The van der Waals surface area contributed by atoms with Gasteiger partial charge in [-0.1, -0.05) is 12.1 Å². The molecule has 0 unspecified atom stereocenters. The Morgan fingerprint density at radius 1 is 0.958 bits per heavy atom. The van der Waals surface area contributed by atoms with E-state index in [1.54, 1.807) is 41.7 Å². The van der Waals surface area contributed by atoms with Crippen LogP contribution in [0.25, 0.3) is 0 Å². The van der Waals surface area contributed by atoms with Crippen molar-refractivity contribution >= 4 is 40.2 Å². The van der Waals surface area contributed by atoms with Crippen molar-refractivity contribution in [3.05, 3.63) is 69.0 Å². The van der Waals surface area contributed by atoms with E-state index in [0.29, 0.717) is 29.2 Å². The van der Waals surface area contributed by atoms with Crippen LogP contribution in [0.4, 0.5) is 5.69 Å². The highest BCUT2D eigenvalue weighted by molar-refractivity contribution is 7.12. The highest BCUT2D eigenvalue weighted by Crippen LogP contribution is 2.19. The molecule has 6 heteroatoms. The molecule has 3 aromatic rings. The summed E-state index contributed by atoms with van der Waals surface area (Å²) in [5, 5.41) is 6.65. The van der Waals surface area contributed by atoms with Crippen LogP contribution in [0.5, 0.6) is 5.75 Å². The molecule has 1 N–H and O–H groups in total. The number of hydrogen-bond acceptors (Lipinski definition) is 5. The summed E-state index contributed by atoms with van der Waals surface area (Å²) in [6.45, 7) is 0. The van der Waals surface area contributed by atoms with Crippen LogP contribution >= 0.6 is 22.7 Å². The van der Waals surface area contributed by atoms with Crippen LogP contribution in [-0.2, 0) is 11.2 Å². The zero-order valence-electron chi connectivity index (χ0n) is 12.7. The predicted molar refractivity (Wildman–Crippen MR) is 97.0 cm³/mol. The highest BCUT2D eigenvalue weighted by atomic mass is 32.1. The Kier molecular flexibility index (Phi) is 5.40. The second-order valence-electron chi connectivity index (χ2n) is 5.01. The minimum Gasteiger partial charge on any atom is -0.427 e. The second-order valence-corrected chi connectivity index (χ2v) is 6.99. The van der Waals surface area contributed by atoms with Gasteiger partial charge in [-0.2, -0.15) is 0 Å². The third-order valence-corrected chi connectivity index (χ3v) is 5.05. The van der Waals surface area contributed by atoms with E-state index in [4.69, 9.17) is 4.74 Å². The first-order valence-corrected chi connectivity index (χ1v) is 9.14. The molecule has 0 aliphatic heterocycles. The molecule has 0 radical (unpaired) electrons. The Bertz CT molecular complexity index is 793. The van der Waals surface area contributed by atoms with E-state index < -0.39 is 0 Å². The summed E-state index contributed by atoms with van der Waals surface area (Å²) in [4.78, 5) is 25.6. The number of hydrogen-bond donors (Lipinski definition) is 1. The van der Waals surface area contributed by atoms with Gasteiger partial charge in [0.1, 0.15) is 5.75 Å². The molecule has 0 saturated heterocycles. The molecule has 2 heterocycles. The van der Waals surface area contributed by atoms with Gasteiger partial charge in [0, 0.05) is 10.6 Å². The van der Waals surface area contributed by atoms with E-state index in [1.165, 1.54) is 16.2 Å². The van der Waals surface area contributed by atoms with Gasteiger partial charge in [0.05, 0.1) is 11.3 Å². The van der Waals surface area contributed by atoms with Gasteiger partial charge in [0.2, 0.25) is 0 Å². The van der Waals surface area contributed by atoms with Gasteiger partial charge in [-0.05, 0) is 53.6 Å². The molecule has 2 aromatic heterocycles. The lowest BCUT2D eigenvalue weighted by Crippen LogP contribution is -2.10. The molecule has 0 aliphatic carbocycles. The lowest BCUT2D eigenvalue weighted by Gasteiger charge is -2.06. The first-order chi connectivity index (χ1) is 11.7. The SMILES string of the molecule is O=C(CCc1cccs1)Oc1ccc(NC(=O)c2cccs2)cc1. The number of carbonyl (C=O) groups excluding carboxylic acids is 2. The molecule has 1 amide bonds. The molecule has 24 heavy (non-hydrogen) atoms. The molecule has 0 bridgehead atoms. The number of benzene rings is 1. The molecule has 3 rings (SSSR count).